The van der Waals surface area contributed by atoms with Crippen LogP contribution in [0.25, 0.3) is 0 Å². The summed E-state index contributed by atoms with van der Waals surface area (Å²) in [5.41, 5.74) is 4.59. The number of aromatic nitrogens is 1. The van der Waals surface area contributed by atoms with Crippen LogP contribution in [0, 0.1) is 0 Å². The quantitative estimate of drug-likeness (QED) is 0.703. The number of anilines is 1. The monoisotopic (exact) mass is 404 g/mol. The largest absolute Gasteiger partial charge is 0.465 e. The van der Waals surface area contributed by atoms with Gasteiger partial charge < -0.3 is 10.8 Å². The molecule has 1 aromatic heterocycles. The molecule has 10 heteroatoms. The minimum Gasteiger partial charge on any atom is -0.465 e. The highest BCUT2D eigenvalue weighted by Crippen LogP contribution is 2.43. The van der Waals surface area contributed by atoms with Crippen molar-refractivity contribution in [3.05, 3.63) is 16.7 Å². The van der Waals surface area contributed by atoms with Crippen LogP contribution in [0.4, 0.5) is 10.6 Å². The molecule has 2 unspecified atom stereocenters. The molecule has 1 aromatic rings. The summed E-state index contributed by atoms with van der Waals surface area (Å²) in [5.74, 6) is -0.121. The first kappa shape index (κ1) is 16.5. The molecular weight excluding hydrogens is 388 g/mol. The zero-order valence-corrected chi connectivity index (χ0v) is 14.6. The van der Waals surface area contributed by atoms with Crippen molar-refractivity contribution in [3.8, 4) is 0 Å². The minimum absolute atomic E-state index is 0.121. The fourth-order valence-electron chi connectivity index (χ4n) is 3.60. The van der Waals surface area contributed by atoms with E-state index in [2.05, 4.69) is 25.6 Å². The highest BCUT2D eigenvalue weighted by atomic mass is 79.9. The van der Waals surface area contributed by atoms with E-state index in [0.29, 0.717) is 23.7 Å². The third kappa shape index (κ3) is 2.79. The van der Waals surface area contributed by atoms with E-state index in [9.17, 15) is 18.3 Å². The summed E-state index contributed by atoms with van der Waals surface area (Å²) in [5, 5.41) is 9.50. The average molecular weight is 405 g/mol. The van der Waals surface area contributed by atoms with Gasteiger partial charge in [0.25, 0.3) is 0 Å². The first-order valence-corrected chi connectivity index (χ1v) is 9.50. The molecule has 2 saturated heterocycles. The lowest BCUT2D eigenvalue weighted by molar-refractivity contribution is 0.0458. The number of sulfonamides is 1. The highest BCUT2D eigenvalue weighted by molar-refractivity contribution is 9.10. The third-order valence-corrected chi connectivity index (χ3v) is 6.50. The molecule has 3 rings (SSSR count). The van der Waals surface area contributed by atoms with Crippen LogP contribution in [0.2, 0.25) is 0 Å². The Bertz CT molecular complexity index is 752. The van der Waals surface area contributed by atoms with Crippen molar-refractivity contribution in [3.63, 3.8) is 0 Å². The molecule has 2 bridgehead atoms. The molecule has 0 aromatic carbocycles. The van der Waals surface area contributed by atoms with Gasteiger partial charge in [0.05, 0.1) is 0 Å². The molecule has 2 aliphatic rings. The van der Waals surface area contributed by atoms with Crippen LogP contribution in [0.15, 0.2) is 21.6 Å². The van der Waals surface area contributed by atoms with Crippen molar-refractivity contribution in [1.82, 2.24) is 14.6 Å². The predicted molar refractivity (Wildman–Crippen MR) is 86.1 cm³/mol. The van der Waals surface area contributed by atoms with Gasteiger partial charge in [-0.1, -0.05) is 0 Å². The standard InChI is InChI=1S/C13H17BrN4O4S/c14-8-6-10(11(15)16-7-8)23(21,22)17-13-4-1-2-9(3-5-13)18(13)12(19)20/h6-7,9,17H,1-5H2,(H2,15,16)(H,19,20). The second-order valence-corrected chi connectivity index (χ2v) is 8.48. The molecule has 3 heterocycles. The van der Waals surface area contributed by atoms with E-state index in [1.54, 1.807) is 0 Å². The van der Waals surface area contributed by atoms with Gasteiger partial charge in [0.2, 0.25) is 10.0 Å². The SMILES string of the molecule is Nc1ncc(Br)cc1S(=O)(=O)NC12CCCC(CC1)N2C(=O)O. The first-order chi connectivity index (χ1) is 10.8. The number of amides is 1. The Morgan fingerprint density at radius 2 is 2.22 bits per heavy atom. The smallest absolute Gasteiger partial charge is 0.409 e. The molecule has 2 fully saturated rings. The van der Waals surface area contributed by atoms with Crippen molar-refractivity contribution < 1.29 is 18.3 Å². The van der Waals surface area contributed by atoms with Crippen LogP contribution in [0.5, 0.6) is 0 Å². The lowest BCUT2D eigenvalue weighted by Crippen LogP contribution is -2.62. The lowest BCUT2D eigenvalue weighted by atomic mass is 9.98. The summed E-state index contributed by atoms with van der Waals surface area (Å²) >= 11 is 3.17. The molecule has 0 saturated carbocycles. The minimum atomic E-state index is -4.00. The number of fused-ring (bicyclic) bond motifs is 2. The van der Waals surface area contributed by atoms with E-state index in [1.807, 2.05) is 0 Å². The molecule has 8 nitrogen and oxygen atoms in total. The number of carbonyl (C=O) groups is 1. The van der Waals surface area contributed by atoms with Crippen LogP contribution in [0.3, 0.4) is 0 Å². The van der Waals surface area contributed by atoms with Gasteiger partial charge in [-0.25, -0.2) is 18.2 Å². The fourth-order valence-corrected chi connectivity index (χ4v) is 5.60. The predicted octanol–water partition coefficient (Wildman–Crippen LogP) is 1.73. The number of rotatable bonds is 3. The summed E-state index contributed by atoms with van der Waals surface area (Å²) in [7, 11) is -4.00. The molecule has 126 valence electrons. The van der Waals surface area contributed by atoms with E-state index in [4.69, 9.17) is 5.73 Å². The van der Waals surface area contributed by atoms with Crippen molar-refractivity contribution in [1.29, 1.82) is 0 Å². The zero-order chi connectivity index (χ0) is 16.8. The molecule has 2 aliphatic heterocycles. The van der Waals surface area contributed by atoms with Gasteiger partial charge in [0.15, 0.2) is 0 Å². The summed E-state index contributed by atoms with van der Waals surface area (Å²) in [4.78, 5) is 16.6. The van der Waals surface area contributed by atoms with Gasteiger partial charge in [-0.15, -0.1) is 0 Å². The number of nitrogens with two attached hydrogens (primary N) is 1. The molecule has 4 N–H and O–H groups in total. The Morgan fingerprint density at radius 3 is 2.91 bits per heavy atom. The Morgan fingerprint density at radius 1 is 1.48 bits per heavy atom. The van der Waals surface area contributed by atoms with Crippen LogP contribution in [0.1, 0.15) is 32.1 Å². The van der Waals surface area contributed by atoms with Crippen molar-refractivity contribution in [2.24, 2.45) is 0 Å². The number of carboxylic acid groups (broad SMARTS) is 1. The maximum Gasteiger partial charge on any atom is 0.409 e. The molecule has 1 amide bonds. The molecular formula is C13H17BrN4O4S. The Kier molecular flexibility index (Phi) is 4.01. The first-order valence-electron chi connectivity index (χ1n) is 7.22. The zero-order valence-electron chi connectivity index (χ0n) is 12.2. The third-order valence-electron chi connectivity index (χ3n) is 4.51. The number of hydrogen-bond donors (Lipinski definition) is 3. The number of hydrogen-bond acceptors (Lipinski definition) is 5. The number of piperidine rings is 1. The van der Waals surface area contributed by atoms with E-state index in [1.165, 1.54) is 17.2 Å². The van der Waals surface area contributed by atoms with E-state index in [-0.39, 0.29) is 16.8 Å². The van der Waals surface area contributed by atoms with Crippen LogP contribution >= 0.6 is 15.9 Å². The Balaban J connectivity index is 1.99. The summed E-state index contributed by atoms with van der Waals surface area (Å²) < 4.78 is 28.6. The number of nitrogen functional groups attached to an aromatic ring is 1. The Labute approximate surface area is 142 Å². The maximum absolute atomic E-state index is 12.8. The highest BCUT2D eigenvalue weighted by Gasteiger charge is 2.53. The summed E-state index contributed by atoms with van der Waals surface area (Å²) in [6.07, 6.45) is 3.42. The second kappa shape index (κ2) is 5.60. The molecule has 23 heavy (non-hydrogen) atoms. The van der Waals surface area contributed by atoms with Crippen molar-refractivity contribution in [2.45, 2.75) is 48.7 Å². The lowest BCUT2D eigenvalue weighted by Gasteiger charge is -2.43. The van der Waals surface area contributed by atoms with Gasteiger partial charge in [0, 0.05) is 16.7 Å². The second-order valence-electron chi connectivity index (χ2n) is 5.91. The number of pyridine rings is 1. The van der Waals surface area contributed by atoms with Gasteiger partial charge in [0.1, 0.15) is 16.4 Å². The van der Waals surface area contributed by atoms with E-state index in [0.717, 1.165) is 12.8 Å². The van der Waals surface area contributed by atoms with Gasteiger partial charge in [-0.05, 0) is 54.1 Å². The molecule has 0 radical (unpaired) electrons. The van der Waals surface area contributed by atoms with Gasteiger partial charge >= 0.3 is 6.09 Å². The number of nitrogens with one attached hydrogen (secondary N) is 1. The van der Waals surface area contributed by atoms with Crippen LogP contribution in [-0.2, 0) is 10.0 Å². The maximum atomic E-state index is 12.8. The average Bonchev–Trinajstić information content (AvgIpc) is 2.68. The summed E-state index contributed by atoms with van der Waals surface area (Å²) in [6, 6.07) is 1.23. The van der Waals surface area contributed by atoms with Crippen LogP contribution in [-0.4, -0.2) is 41.2 Å². The summed E-state index contributed by atoms with van der Waals surface area (Å²) in [6.45, 7) is 0. The van der Waals surface area contributed by atoms with Crippen LogP contribution < -0.4 is 10.5 Å². The number of halogens is 1. The normalized spacial score (nSPS) is 27.2. The van der Waals surface area contributed by atoms with Crippen molar-refractivity contribution >= 4 is 37.9 Å². The van der Waals surface area contributed by atoms with Gasteiger partial charge in [-0.3, -0.25) is 4.90 Å². The van der Waals surface area contributed by atoms with Crippen molar-refractivity contribution in [2.75, 3.05) is 5.73 Å². The fraction of sp³-hybridized carbons (Fsp3) is 0.538. The van der Waals surface area contributed by atoms with Gasteiger partial charge in [-0.2, -0.15) is 4.72 Å². The van der Waals surface area contributed by atoms with E-state index < -0.39 is 21.8 Å². The molecule has 0 spiro atoms. The number of nitrogens with zero attached hydrogens (tertiary/aromatic N) is 2. The van der Waals surface area contributed by atoms with E-state index >= 15 is 0 Å². The Hall–Kier alpha value is -1.39. The topological polar surface area (TPSA) is 126 Å². The molecule has 0 aliphatic carbocycles. The molecule has 2 atom stereocenters.